The molecule has 0 aliphatic heterocycles. The molecule has 0 spiro atoms. The van der Waals surface area contributed by atoms with Crippen molar-refractivity contribution in [1.82, 2.24) is 20.0 Å². The first-order valence-electron chi connectivity index (χ1n) is 10.1. The molecular weight excluding hydrogens is 412 g/mol. The van der Waals surface area contributed by atoms with E-state index in [0.29, 0.717) is 39.7 Å². The van der Waals surface area contributed by atoms with Crippen LogP contribution in [0.3, 0.4) is 0 Å². The highest BCUT2D eigenvalue weighted by Crippen LogP contribution is 2.28. The molecule has 31 heavy (non-hydrogen) atoms. The molecule has 0 saturated carbocycles. The number of para-hydroxylation sites is 2. The van der Waals surface area contributed by atoms with Crippen LogP contribution in [0, 0.1) is 5.92 Å². The molecule has 0 fully saturated rings. The van der Waals surface area contributed by atoms with E-state index in [0.717, 1.165) is 12.0 Å². The van der Waals surface area contributed by atoms with Crippen LogP contribution in [-0.2, 0) is 0 Å². The van der Waals surface area contributed by atoms with Crippen LogP contribution >= 0.6 is 11.6 Å². The predicted molar refractivity (Wildman–Crippen MR) is 126 cm³/mol. The first-order chi connectivity index (χ1) is 14.9. The van der Waals surface area contributed by atoms with E-state index < -0.39 is 0 Å². The van der Waals surface area contributed by atoms with Crippen molar-refractivity contribution < 1.29 is 4.79 Å². The lowest BCUT2D eigenvalue weighted by atomic mass is 10.1. The number of nitrogens with two attached hydrogens (primary N) is 1. The lowest BCUT2D eigenvalue weighted by Gasteiger charge is -2.07. The molecule has 8 heteroatoms. The van der Waals surface area contributed by atoms with Crippen LogP contribution < -0.4 is 11.1 Å². The van der Waals surface area contributed by atoms with Crippen molar-refractivity contribution in [3.63, 3.8) is 0 Å². The Kier molecular flexibility index (Phi) is 5.86. The minimum Gasteiger partial charge on any atom is -0.383 e. The quantitative estimate of drug-likeness (QED) is 0.437. The fourth-order valence-electron chi connectivity index (χ4n) is 3.26. The first kappa shape index (κ1) is 20.8. The molecule has 0 saturated heterocycles. The fourth-order valence-corrected chi connectivity index (χ4v) is 3.46. The van der Waals surface area contributed by atoms with Gasteiger partial charge in [0.1, 0.15) is 16.9 Å². The average Bonchev–Trinajstić information content (AvgIpc) is 3.00. The summed E-state index contributed by atoms with van der Waals surface area (Å²) in [7, 11) is 0. The largest absolute Gasteiger partial charge is 0.383 e. The lowest BCUT2D eigenvalue weighted by Crippen LogP contribution is -2.26. The third kappa shape index (κ3) is 4.36. The number of hydrogen-bond donors (Lipinski definition) is 2. The summed E-state index contributed by atoms with van der Waals surface area (Å²) < 4.78 is 1.45. The number of halogens is 1. The summed E-state index contributed by atoms with van der Waals surface area (Å²) in [6, 6.07) is 14.8. The molecule has 0 aliphatic carbocycles. The topological polar surface area (TPSA) is 98.2 Å². The molecule has 3 N–H and O–H groups in total. The third-order valence-electron chi connectivity index (χ3n) is 4.88. The van der Waals surface area contributed by atoms with Crippen molar-refractivity contribution in [2.45, 2.75) is 20.3 Å². The molecule has 0 atom stereocenters. The van der Waals surface area contributed by atoms with Gasteiger partial charge in [-0.15, -0.1) is 0 Å². The van der Waals surface area contributed by atoms with Crippen LogP contribution in [0.2, 0.25) is 5.02 Å². The molecule has 0 bridgehead atoms. The minimum atomic E-state index is -0.288. The molecule has 7 nitrogen and oxygen atoms in total. The van der Waals surface area contributed by atoms with Crippen LogP contribution in [0.4, 0.5) is 5.82 Å². The lowest BCUT2D eigenvalue weighted by molar-refractivity contribution is 0.0954. The van der Waals surface area contributed by atoms with Crippen molar-refractivity contribution >= 4 is 51.7 Å². The Hall–Kier alpha value is -3.45. The summed E-state index contributed by atoms with van der Waals surface area (Å²) in [5, 5.41) is 8.03. The monoisotopic (exact) mass is 434 g/mol. The fraction of sp³-hybridized carbons (Fsp3) is 0.217. The van der Waals surface area contributed by atoms with Gasteiger partial charge in [-0.25, -0.2) is 9.97 Å². The Morgan fingerprint density at radius 3 is 2.65 bits per heavy atom. The minimum absolute atomic E-state index is 0.186. The molecule has 2 aromatic heterocycles. The van der Waals surface area contributed by atoms with E-state index in [-0.39, 0.29) is 17.3 Å². The highest BCUT2D eigenvalue weighted by molar-refractivity contribution is 6.30. The summed E-state index contributed by atoms with van der Waals surface area (Å²) >= 11 is 6.07. The molecule has 4 aromatic rings. The maximum atomic E-state index is 13.0. The van der Waals surface area contributed by atoms with Gasteiger partial charge in [0.05, 0.1) is 17.2 Å². The van der Waals surface area contributed by atoms with E-state index in [9.17, 15) is 4.79 Å². The van der Waals surface area contributed by atoms with Crippen LogP contribution in [-0.4, -0.2) is 33.3 Å². The number of nitrogens with one attached hydrogen (secondary N) is 1. The van der Waals surface area contributed by atoms with Crippen molar-refractivity contribution in [2.24, 2.45) is 11.0 Å². The maximum absolute atomic E-state index is 13.0. The van der Waals surface area contributed by atoms with Gasteiger partial charge >= 0.3 is 0 Å². The molecule has 0 unspecified atom stereocenters. The van der Waals surface area contributed by atoms with E-state index in [1.54, 1.807) is 18.3 Å². The smallest absolute Gasteiger partial charge is 0.257 e. The summed E-state index contributed by atoms with van der Waals surface area (Å²) in [6.45, 7) is 4.76. The highest BCUT2D eigenvalue weighted by atomic mass is 35.5. The van der Waals surface area contributed by atoms with Gasteiger partial charge in [0.2, 0.25) is 0 Å². The third-order valence-corrected chi connectivity index (χ3v) is 5.11. The normalized spacial score (nSPS) is 11.7. The van der Waals surface area contributed by atoms with Gasteiger partial charge in [0.25, 0.3) is 5.91 Å². The second-order valence-electron chi connectivity index (χ2n) is 7.69. The Morgan fingerprint density at radius 2 is 1.94 bits per heavy atom. The van der Waals surface area contributed by atoms with Gasteiger partial charge in [0, 0.05) is 11.6 Å². The Morgan fingerprint density at radius 1 is 1.19 bits per heavy atom. The summed E-state index contributed by atoms with van der Waals surface area (Å²) in [4.78, 5) is 22.3. The van der Waals surface area contributed by atoms with Crippen molar-refractivity contribution in [1.29, 1.82) is 0 Å². The average molecular weight is 435 g/mol. The SMILES string of the molecule is CC(C)CCNC(=O)c1c(N)n(/N=C/c2cccc(Cl)c2)c2nc3ccccc3nc12. The number of amides is 1. The van der Waals surface area contributed by atoms with E-state index >= 15 is 0 Å². The second-order valence-corrected chi connectivity index (χ2v) is 8.13. The number of fused-ring (bicyclic) bond motifs is 2. The molecule has 4 rings (SSSR count). The molecule has 158 valence electrons. The second kappa shape index (κ2) is 8.73. The van der Waals surface area contributed by atoms with Gasteiger partial charge in [-0.05, 0) is 42.2 Å². The number of rotatable bonds is 6. The molecule has 2 aromatic carbocycles. The van der Waals surface area contributed by atoms with Gasteiger partial charge in [0.15, 0.2) is 5.65 Å². The number of carbonyl (C=O) groups is 1. The summed E-state index contributed by atoms with van der Waals surface area (Å²) in [5.74, 6) is 0.375. The van der Waals surface area contributed by atoms with Crippen molar-refractivity contribution in [2.75, 3.05) is 12.3 Å². The van der Waals surface area contributed by atoms with E-state index in [2.05, 4.69) is 34.2 Å². The van der Waals surface area contributed by atoms with Crippen LogP contribution in [0.1, 0.15) is 36.2 Å². The number of nitrogen functional groups attached to an aromatic ring is 1. The van der Waals surface area contributed by atoms with Crippen LogP contribution in [0.15, 0.2) is 53.6 Å². The van der Waals surface area contributed by atoms with Gasteiger partial charge in [-0.2, -0.15) is 9.78 Å². The van der Waals surface area contributed by atoms with E-state index in [1.807, 2.05) is 36.4 Å². The summed E-state index contributed by atoms with van der Waals surface area (Å²) in [5.41, 5.74) is 9.68. The van der Waals surface area contributed by atoms with Gasteiger partial charge < -0.3 is 11.1 Å². The van der Waals surface area contributed by atoms with E-state index in [1.165, 1.54) is 4.68 Å². The number of benzene rings is 2. The number of carbonyl (C=O) groups excluding carboxylic acids is 1. The van der Waals surface area contributed by atoms with Gasteiger partial charge in [-0.3, -0.25) is 4.79 Å². The zero-order valence-corrected chi connectivity index (χ0v) is 18.1. The molecule has 0 radical (unpaired) electrons. The highest BCUT2D eigenvalue weighted by Gasteiger charge is 2.23. The Balaban J connectivity index is 1.83. The molecular formula is C23H23ClN6O. The summed E-state index contributed by atoms with van der Waals surface area (Å²) in [6.07, 6.45) is 2.49. The van der Waals surface area contributed by atoms with E-state index in [4.69, 9.17) is 17.3 Å². The van der Waals surface area contributed by atoms with Crippen LogP contribution in [0.5, 0.6) is 0 Å². The Labute approximate surface area is 184 Å². The number of hydrogen-bond acceptors (Lipinski definition) is 5. The van der Waals surface area contributed by atoms with Crippen molar-refractivity contribution in [3.8, 4) is 0 Å². The maximum Gasteiger partial charge on any atom is 0.257 e. The zero-order valence-electron chi connectivity index (χ0n) is 17.3. The first-order valence-corrected chi connectivity index (χ1v) is 10.5. The van der Waals surface area contributed by atoms with Crippen molar-refractivity contribution in [3.05, 3.63) is 64.7 Å². The zero-order chi connectivity index (χ0) is 22.0. The molecule has 0 aliphatic rings. The Bertz CT molecular complexity index is 1290. The molecule has 2 heterocycles. The number of aromatic nitrogens is 3. The van der Waals surface area contributed by atoms with Gasteiger partial charge in [-0.1, -0.05) is 49.7 Å². The number of anilines is 1. The standard InChI is InChI=1S/C23H23ClN6O/c1-14(2)10-11-26-23(31)19-20-22(29-18-9-4-3-8-17(18)28-20)30(21(19)25)27-13-15-6-5-7-16(24)12-15/h3-9,12-14H,10-11,25H2,1-2H3,(H,26,31)/b27-13+. The van der Waals surface area contributed by atoms with Crippen LogP contribution in [0.25, 0.3) is 22.2 Å². The molecule has 1 amide bonds. The predicted octanol–water partition coefficient (Wildman–Crippen LogP) is 4.48. The number of nitrogens with zero attached hydrogens (tertiary/aromatic N) is 4.